The summed E-state index contributed by atoms with van der Waals surface area (Å²) in [5, 5.41) is 12.3. The summed E-state index contributed by atoms with van der Waals surface area (Å²) in [6.45, 7) is 0.397. The zero-order chi connectivity index (χ0) is 15.6. The zero-order valence-electron chi connectivity index (χ0n) is 12.0. The lowest BCUT2D eigenvalue weighted by Gasteiger charge is -2.45. The third-order valence-corrected chi connectivity index (χ3v) is 4.18. The molecule has 0 bridgehead atoms. The monoisotopic (exact) mass is 298 g/mol. The first-order valence-corrected chi connectivity index (χ1v) is 7.25. The van der Waals surface area contributed by atoms with Crippen LogP contribution in [0.2, 0.25) is 0 Å². The van der Waals surface area contributed by atoms with Gasteiger partial charge in [0.1, 0.15) is 12.0 Å². The first-order valence-electron chi connectivity index (χ1n) is 7.25. The van der Waals surface area contributed by atoms with Crippen LogP contribution in [-0.4, -0.2) is 6.17 Å². The number of alkyl halides is 1. The minimum Gasteiger partial charge on any atom is -0.303 e. The van der Waals surface area contributed by atoms with E-state index >= 15 is 0 Å². The Labute approximate surface area is 128 Å². The summed E-state index contributed by atoms with van der Waals surface area (Å²) >= 11 is 0. The Morgan fingerprint density at radius 1 is 1.18 bits per heavy atom. The van der Waals surface area contributed by atoms with Crippen LogP contribution in [0.5, 0.6) is 0 Å². The van der Waals surface area contributed by atoms with Crippen LogP contribution < -0.4 is 5.32 Å². The molecule has 0 aromatic heterocycles. The number of hydrogen-bond acceptors (Lipinski definition) is 2. The number of nitriles is 1. The molecule has 0 radical (unpaired) electrons. The molecular formula is C18H16F2N2. The van der Waals surface area contributed by atoms with Crippen LogP contribution in [-0.2, 0) is 12.1 Å². The number of hydrogen-bond donors (Lipinski definition) is 1. The highest BCUT2D eigenvalue weighted by Crippen LogP contribution is 2.43. The average Bonchev–Trinajstić information content (AvgIpc) is 2.50. The van der Waals surface area contributed by atoms with E-state index in [-0.39, 0.29) is 0 Å². The molecule has 2 nitrogen and oxygen atoms in total. The largest absolute Gasteiger partial charge is 0.303 e. The van der Waals surface area contributed by atoms with Crippen molar-refractivity contribution >= 4 is 0 Å². The van der Waals surface area contributed by atoms with Crippen molar-refractivity contribution in [3.63, 3.8) is 0 Å². The van der Waals surface area contributed by atoms with Crippen LogP contribution in [0.25, 0.3) is 0 Å². The quantitative estimate of drug-likeness (QED) is 0.931. The Kier molecular flexibility index (Phi) is 3.91. The molecule has 2 aromatic rings. The van der Waals surface area contributed by atoms with Crippen LogP contribution in [0, 0.1) is 17.1 Å². The lowest BCUT2D eigenvalue weighted by Crippen LogP contribution is -2.53. The number of benzene rings is 2. The maximum atomic E-state index is 13.5. The second kappa shape index (κ2) is 5.86. The topological polar surface area (TPSA) is 35.8 Å². The molecule has 112 valence electrons. The molecule has 0 saturated heterocycles. The molecule has 0 unspecified atom stereocenters. The van der Waals surface area contributed by atoms with Gasteiger partial charge in [0.15, 0.2) is 0 Å². The van der Waals surface area contributed by atoms with E-state index in [4.69, 9.17) is 5.26 Å². The minimum atomic E-state index is -0.810. The summed E-state index contributed by atoms with van der Waals surface area (Å²) in [6.07, 6.45) is 0.0180. The molecule has 0 spiro atoms. The summed E-state index contributed by atoms with van der Waals surface area (Å²) in [4.78, 5) is 0. The fourth-order valence-corrected chi connectivity index (χ4v) is 3.02. The van der Waals surface area contributed by atoms with Gasteiger partial charge in [-0.1, -0.05) is 30.3 Å². The summed E-state index contributed by atoms with van der Waals surface area (Å²) < 4.78 is 26.9. The smallest absolute Gasteiger partial charge is 0.124 e. The van der Waals surface area contributed by atoms with Crippen molar-refractivity contribution in [1.82, 2.24) is 5.32 Å². The molecule has 3 rings (SSSR count). The van der Waals surface area contributed by atoms with E-state index < -0.39 is 17.5 Å². The van der Waals surface area contributed by atoms with Gasteiger partial charge in [-0.3, -0.25) is 0 Å². The van der Waals surface area contributed by atoms with Crippen LogP contribution in [0.15, 0.2) is 48.5 Å². The number of rotatable bonds is 4. The summed E-state index contributed by atoms with van der Waals surface area (Å²) in [6, 6.07) is 15.9. The highest BCUT2D eigenvalue weighted by molar-refractivity contribution is 5.34. The molecule has 1 aliphatic carbocycles. The molecule has 0 amide bonds. The van der Waals surface area contributed by atoms with Gasteiger partial charge in [0, 0.05) is 24.9 Å². The molecule has 0 atom stereocenters. The molecule has 0 heterocycles. The van der Waals surface area contributed by atoms with Crippen LogP contribution >= 0.6 is 0 Å². The SMILES string of the molecule is N#Cc1cc(F)cc(CNC2(c3ccccc3)CC(F)C2)c1. The number of halogens is 2. The van der Waals surface area contributed by atoms with Crippen LogP contribution in [0.4, 0.5) is 8.78 Å². The highest BCUT2D eigenvalue weighted by atomic mass is 19.1. The van der Waals surface area contributed by atoms with Gasteiger partial charge in [-0.15, -0.1) is 0 Å². The van der Waals surface area contributed by atoms with E-state index in [1.807, 2.05) is 36.4 Å². The van der Waals surface area contributed by atoms with E-state index in [2.05, 4.69) is 5.32 Å². The molecule has 1 fully saturated rings. The zero-order valence-corrected chi connectivity index (χ0v) is 12.0. The Morgan fingerprint density at radius 2 is 1.91 bits per heavy atom. The molecule has 0 aliphatic heterocycles. The second-order valence-electron chi connectivity index (χ2n) is 5.77. The van der Waals surface area contributed by atoms with Crippen molar-refractivity contribution in [3.8, 4) is 6.07 Å². The Hall–Kier alpha value is -2.25. The maximum absolute atomic E-state index is 13.5. The van der Waals surface area contributed by atoms with E-state index in [1.165, 1.54) is 12.1 Å². The van der Waals surface area contributed by atoms with Gasteiger partial charge < -0.3 is 5.32 Å². The first-order chi connectivity index (χ1) is 10.6. The molecule has 2 aromatic carbocycles. The Bertz CT molecular complexity index is 701. The van der Waals surface area contributed by atoms with Crippen molar-refractivity contribution < 1.29 is 8.78 Å². The third-order valence-electron chi connectivity index (χ3n) is 4.18. The Balaban J connectivity index is 1.79. The summed E-state index contributed by atoms with van der Waals surface area (Å²) in [5.41, 5.74) is 1.62. The predicted molar refractivity (Wildman–Crippen MR) is 80.2 cm³/mol. The fourth-order valence-electron chi connectivity index (χ4n) is 3.02. The molecule has 4 heteroatoms. The van der Waals surface area contributed by atoms with Crippen molar-refractivity contribution in [2.75, 3.05) is 0 Å². The average molecular weight is 298 g/mol. The van der Waals surface area contributed by atoms with E-state index in [0.29, 0.717) is 30.5 Å². The number of nitrogens with zero attached hydrogens (tertiary/aromatic N) is 1. The van der Waals surface area contributed by atoms with Crippen molar-refractivity contribution in [2.45, 2.75) is 31.1 Å². The summed E-state index contributed by atoms with van der Waals surface area (Å²) in [7, 11) is 0. The van der Waals surface area contributed by atoms with Crippen molar-refractivity contribution in [2.24, 2.45) is 0 Å². The van der Waals surface area contributed by atoms with Gasteiger partial charge in [-0.2, -0.15) is 5.26 Å². The van der Waals surface area contributed by atoms with Gasteiger partial charge in [0.25, 0.3) is 0 Å². The predicted octanol–water partition coefficient (Wildman–Crippen LogP) is 3.81. The molecule has 22 heavy (non-hydrogen) atoms. The molecule has 1 aliphatic rings. The van der Waals surface area contributed by atoms with Gasteiger partial charge in [-0.25, -0.2) is 8.78 Å². The lowest BCUT2D eigenvalue weighted by molar-refractivity contribution is 0.0633. The van der Waals surface area contributed by atoms with Gasteiger partial charge in [0.2, 0.25) is 0 Å². The molecule has 1 saturated carbocycles. The third kappa shape index (κ3) is 2.86. The highest BCUT2D eigenvalue weighted by Gasteiger charge is 2.45. The summed E-state index contributed by atoms with van der Waals surface area (Å²) in [5.74, 6) is -0.429. The van der Waals surface area contributed by atoms with Gasteiger partial charge in [0.05, 0.1) is 11.6 Å². The lowest BCUT2D eigenvalue weighted by atomic mass is 9.70. The van der Waals surface area contributed by atoms with Crippen molar-refractivity contribution in [1.29, 1.82) is 5.26 Å². The van der Waals surface area contributed by atoms with Crippen LogP contribution in [0.3, 0.4) is 0 Å². The molecule has 1 N–H and O–H groups in total. The molecular weight excluding hydrogens is 282 g/mol. The van der Waals surface area contributed by atoms with Gasteiger partial charge >= 0.3 is 0 Å². The van der Waals surface area contributed by atoms with E-state index in [1.54, 1.807) is 6.07 Å². The second-order valence-corrected chi connectivity index (χ2v) is 5.77. The first kappa shape index (κ1) is 14.7. The number of nitrogens with one attached hydrogen (secondary N) is 1. The normalized spacial score (nSPS) is 23.6. The maximum Gasteiger partial charge on any atom is 0.124 e. The van der Waals surface area contributed by atoms with Crippen LogP contribution in [0.1, 0.15) is 29.5 Å². The Morgan fingerprint density at radius 3 is 2.55 bits per heavy atom. The van der Waals surface area contributed by atoms with Gasteiger partial charge in [-0.05, 0) is 29.3 Å². The van der Waals surface area contributed by atoms with E-state index in [0.717, 1.165) is 5.56 Å². The van der Waals surface area contributed by atoms with E-state index in [9.17, 15) is 8.78 Å². The minimum absolute atomic E-state index is 0.294. The standard InChI is InChI=1S/C18H16F2N2/c19-16-7-13(11-21)6-14(8-16)12-22-18(9-17(20)10-18)15-4-2-1-3-5-15/h1-8,17,22H,9-10,12H2. The van der Waals surface area contributed by atoms with Crippen molar-refractivity contribution in [3.05, 3.63) is 71.0 Å². The fraction of sp³-hybridized carbons (Fsp3) is 0.278.